The van der Waals surface area contributed by atoms with Gasteiger partial charge in [0.05, 0.1) is 20.3 Å². The minimum absolute atomic E-state index is 0.144. The summed E-state index contributed by atoms with van der Waals surface area (Å²) in [6, 6.07) is 15.2. The van der Waals surface area contributed by atoms with Gasteiger partial charge in [0.25, 0.3) is 0 Å². The number of para-hydroxylation sites is 1. The minimum atomic E-state index is 0.144. The highest BCUT2D eigenvalue weighted by Crippen LogP contribution is 2.27. The van der Waals surface area contributed by atoms with Gasteiger partial charge in [0.15, 0.2) is 16.7 Å². The number of aromatic hydroxyl groups is 1. The van der Waals surface area contributed by atoms with Crippen LogP contribution in [0.5, 0.6) is 17.2 Å². The van der Waals surface area contributed by atoms with Crippen LogP contribution in [0.2, 0.25) is 0 Å². The molecule has 0 radical (unpaired) electrons. The smallest absolute Gasteiger partial charge is 0.191 e. The summed E-state index contributed by atoms with van der Waals surface area (Å²) in [5.74, 6) is 3.18. The number of ether oxygens (including phenoxy) is 2. The van der Waals surface area contributed by atoms with Gasteiger partial charge in [-0.2, -0.15) is 0 Å². The van der Waals surface area contributed by atoms with E-state index in [1.165, 1.54) is 0 Å². The Morgan fingerprint density at radius 1 is 1.10 bits per heavy atom. The van der Waals surface area contributed by atoms with Gasteiger partial charge in [-0.25, -0.2) is 0 Å². The van der Waals surface area contributed by atoms with Gasteiger partial charge in [0.2, 0.25) is 0 Å². The van der Waals surface area contributed by atoms with Crippen LogP contribution in [0.15, 0.2) is 53.7 Å². The number of hydrogen-bond donors (Lipinski definition) is 1. The lowest BCUT2D eigenvalue weighted by Gasteiger charge is -2.17. The van der Waals surface area contributed by atoms with Gasteiger partial charge in [-0.3, -0.25) is 4.90 Å². The third kappa shape index (κ3) is 5.88. The van der Waals surface area contributed by atoms with Crippen LogP contribution in [-0.4, -0.2) is 51.3 Å². The Morgan fingerprint density at radius 3 is 2.66 bits per heavy atom. The summed E-state index contributed by atoms with van der Waals surface area (Å²) in [6.07, 6.45) is 0. The van der Waals surface area contributed by atoms with E-state index in [-0.39, 0.29) is 5.75 Å². The van der Waals surface area contributed by atoms with Gasteiger partial charge in [-0.1, -0.05) is 36.0 Å². The van der Waals surface area contributed by atoms with Gasteiger partial charge < -0.3 is 19.1 Å². The number of phenols is 1. The average molecular weight is 415 g/mol. The predicted molar refractivity (Wildman–Crippen MR) is 113 cm³/mol. The fourth-order valence-electron chi connectivity index (χ4n) is 2.85. The third-order valence-electron chi connectivity index (χ3n) is 4.36. The molecule has 0 saturated carbocycles. The molecule has 0 bridgehead atoms. The van der Waals surface area contributed by atoms with Crippen molar-refractivity contribution in [2.45, 2.75) is 18.2 Å². The molecule has 0 fully saturated rings. The molecule has 0 unspecified atom stereocenters. The molecule has 0 amide bonds. The third-order valence-corrected chi connectivity index (χ3v) is 5.34. The maximum absolute atomic E-state index is 9.73. The molecule has 154 valence electrons. The number of thioether (sulfide) groups is 1. The Morgan fingerprint density at radius 2 is 1.90 bits per heavy atom. The lowest BCUT2D eigenvalue weighted by atomic mass is 10.2. The zero-order chi connectivity index (χ0) is 20.6. The van der Waals surface area contributed by atoms with E-state index in [0.29, 0.717) is 25.4 Å². The Balaban J connectivity index is 1.49. The second kappa shape index (κ2) is 10.2. The number of aromatic nitrogens is 3. The van der Waals surface area contributed by atoms with Gasteiger partial charge >= 0.3 is 0 Å². The first kappa shape index (κ1) is 21.0. The zero-order valence-corrected chi connectivity index (χ0v) is 17.7. The summed E-state index contributed by atoms with van der Waals surface area (Å²) < 4.78 is 12.9. The number of nitrogens with zero attached hydrogens (tertiary/aromatic N) is 4. The van der Waals surface area contributed by atoms with Crippen LogP contribution < -0.4 is 9.47 Å². The topological polar surface area (TPSA) is 72.6 Å². The monoisotopic (exact) mass is 414 g/mol. The largest absolute Gasteiger partial charge is 0.504 e. The number of benzene rings is 2. The van der Waals surface area contributed by atoms with Gasteiger partial charge in [0, 0.05) is 19.3 Å². The molecule has 3 aromatic rings. The van der Waals surface area contributed by atoms with Gasteiger partial charge in [-0.15, -0.1) is 10.2 Å². The molecule has 0 spiro atoms. The quantitative estimate of drug-likeness (QED) is 0.403. The number of methoxy groups -OCH3 is 1. The molecule has 0 aliphatic rings. The standard InChI is InChI=1S/C21H26N4O3S/c1-24(14-16-9-10-18(26)19(13-16)27-3)15-20-22-23-21(25(20)2)29-12-11-28-17-7-5-4-6-8-17/h4-10,13,26H,11-12,14-15H2,1-3H3. The maximum atomic E-state index is 9.73. The van der Waals surface area contributed by atoms with Crippen molar-refractivity contribution in [2.75, 3.05) is 26.5 Å². The molecule has 0 aliphatic heterocycles. The summed E-state index contributed by atoms with van der Waals surface area (Å²) in [5, 5.41) is 19.2. The molecule has 0 atom stereocenters. The van der Waals surface area contributed by atoms with E-state index in [9.17, 15) is 5.11 Å². The van der Waals surface area contributed by atoms with Crippen molar-refractivity contribution in [3.05, 3.63) is 59.9 Å². The fourth-order valence-corrected chi connectivity index (χ4v) is 3.59. The fraction of sp³-hybridized carbons (Fsp3) is 0.333. The van der Waals surface area contributed by atoms with Crippen molar-refractivity contribution in [3.63, 3.8) is 0 Å². The summed E-state index contributed by atoms with van der Waals surface area (Å²) in [6.45, 7) is 1.98. The summed E-state index contributed by atoms with van der Waals surface area (Å²) >= 11 is 1.63. The van der Waals surface area contributed by atoms with E-state index >= 15 is 0 Å². The van der Waals surface area contributed by atoms with Crippen LogP contribution >= 0.6 is 11.8 Å². The first-order valence-electron chi connectivity index (χ1n) is 9.30. The average Bonchev–Trinajstić information content (AvgIpc) is 3.07. The van der Waals surface area contributed by atoms with Gasteiger partial charge in [0.1, 0.15) is 11.6 Å². The van der Waals surface area contributed by atoms with Crippen molar-refractivity contribution >= 4 is 11.8 Å². The molecular formula is C21H26N4O3S. The van der Waals surface area contributed by atoms with E-state index < -0.39 is 0 Å². The normalized spacial score (nSPS) is 11.0. The maximum Gasteiger partial charge on any atom is 0.191 e. The highest BCUT2D eigenvalue weighted by molar-refractivity contribution is 7.99. The molecule has 7 nitrogen and oxygen atoms in total. The molecule has 3 rings (SSSR count). The van der Waals surface area contributed by atoms with Crippen LogP contribution in [0.4, 0.5) is 0 Å². The Kier molecular flexibility index (Phi) is 7.37. The Labute approximate surface area is 175 Å². The van der Waals surface area contributed by atoms with E-state index in [1.54, 1.807) is 24.9 Å². The van der Waals surface area contributed by atoms with Crippen LogP contribution in [-0.2, 0) is 20.1 Å². The first-order valence-corrected chi connectivity index (χ1v) is 10.3. The van der Waals surface area contributed by atoms with Crippen molar-refractivity contribution in [1.29, 1.82) is 0 Å². The highest BCUT2D eigenvalue weighted by Gasteiger charge is 2.12. The molecule has 0 aliphatic carbocycles. The molecule has 29 heavy (non-hydrogen) atoms. The van der Waals surface area contributed by atoms with E-state index in [1.807, 2.05) is 61.1 Å². The van der Waals surface area contributed by atoms with Crippen LogP contribution in [0.1, 0.15) is 11.4 Å². The van der Waals surface area contributed by atoms with Crippen LogP contribution in [0.3, 0.4) is 0 Å². The summed E-state index contributed by atoms with van der Waals surface area (Å²) in [7, 11) is 5.55. The van der Waals surface area contributed by atoms with E-state index in [0.717, 1.165) is 28.0 Å². The number of hydrogen-bond acceptors (Lipinski definition) is 7. The lowest BCUT2D eigenvalue weighted by molar-refractivity contribution is 0.304. The van der Waals surface area contributed by atoms with Crippen molar-refractivity contribution in [1.82, 2.24) is 19.7 Å². The van der Waals surface area contributed by atoms with Crippen LogP contribution in [0.25, 0.3) is 0 Å². The Hall–Kier alpha value is -2.71. The molecule has 0 saturated heterocycles. The van der Waals surface area contributed by atoms with E-state index in [2.05, 4.69) is 15.1 Å². The molecular weight excluding hydrogens is 388 g/mol. The second-order valence-electron chi connectivity index (χ2n) is 6.65. The molecule has 1 N–H and O–H groups in total. The Bertz CT molecular complexity index is 918. The summed E-state index contributed by atoms with van der Waals surface area (Å²) in [4.78, 5) is 2.14. The summed E-state index contributed by atoms with van der Waals surface area (Å²) in [5.41, 5.74) is 1.05. The van der Waals surface area contributed by atoms with Crippen molar-refractivity contribution < 1.29 is 14.6 Å². The second-order valence-corrected chi connectivity index (χ2v) is 7.71. The van der Waals surface area contributed by atoms with Crippen molar-refractivity contribution in [3.8, 4) is 17.2 Å². The van der Waals surface area contributed by atoms with E-state index in [4.69, 9.17) is 9.47 Å². The van der Waals surface area contributed by atoms with Crippen molar-refractivity contribution in [2.24, 2.45) is 7.05 Å². The number of phenolic OH excluding ortho intramolecular Hbond substituents is 1. The first-order chi connectivity index (χ1) is 14.1. The minimum Gasteiger partial charge on any atom is -0.504 e. The lowest BCUT2D eigenvalue weighted by Crippen LogP contribution is -2.19. The highest BCUT2D eigenvalue weighted by atomic mass is 32.2. The van der Waals surface area contributed by atoms with Crippen LogP contribution in [0, 0.1) is 0 Å². The molecule has 1 aromatic heterocycles. The number of rotatable bonds is 10. The molecule has 1 heterocycles. The van der Waals surface area contributed by atoms with Gasteiger partial charge in [-0.05, 0) is 36.9 Å². The molecule has 8 heteroatoms. The zero-order valence-electron chi connectivity index (χ0n) is 16.9. The SMILES string of the molecule is COc1cc(CN(C)Cc2nnc(SCCOc3ccccc3)n2C)ccc1O. The predicted octanol–water partition coefficient (Wildman–Crippen LogP) is 3.33. The molecule has 2 aromatic carbocycles.